The van der Waals surface area contributed by atoms with Crippen LogP contribution in [0, 0.1) is 0 Å². The fourth-order valence-corrected chi connectivity index (χ4v) is 4.00. The van der Waals surface area contributed by atoms with E-state index in [2.05, 4.69) is 21.3 Å². The predicted molar refractivity (Wildman–Crippen MR) is 132 cm³/mol. The largest absolute Gasteiger partial charge is 0.497 e. The van der Waals surface area contributed by atoms with E-state index < -0.39 is 0 Å². The molecule has 0 unspecified atom stereocenters. The van der Waals surface area contributed by atoms with Crippen LogP contribution in [0.15, 0.2) is 66.9 Å². The van der Waals surface area contributed by atoms with E-state index in [1.165, 1.54) is 0 Å². The van der Waals surface area contributed by atoms with Crippen molar-refractivity contribution in [3.63, 3.8) is 0 Å². The summed E-state index contributed by atoms with van der Waals surface area (Å²) in [6.07, 6.45) is 2.47. The number of rotatable bonds is 9. The number of esters is 1. The Morgan fingerprint density at radius 2 is 1.85 bits per heavy atom. The predicted octanol–water partition coefficient (Wildman–Crippen LogP) is 5.13. The number of likely N-dealkylation sites (tertiary alicyclic amines) is 1. The molecule has 1 saturated heterocycles. The Balaban J connectivity index is 1.39. The highest BCUT2D eigenvalue weighted by atomic mass is 16.5. The van der Waals surface area contributed by atoms with Gasteiger partial charge in [-0.25, -0.2) is 9.78 Å². The van der Waals surface area contributed by atoms with Gasteiger partial charge in [-0.15, -0.1) is 0 Å². The first-order chi connectivity index (χ1) is 16.5. The van der Waals surface area contributed by atoms with Crippen molar-refractivity contribution in [1.29, 1.82) is 0 Å². The van der Waals surface area contributed by atoms with Gasteiger partial charge < -0.3 is 19.5 Å². The first kappa shape index (κ1) is 23.6. The number of ether oxygens (including phenoxy) is 3. The number of hydrogen-bond donors (Lipinski definition) is 1. The average molecular weight is 462 g/mol. The summed E-state index contributed by atoms with van der Waals surface area (Å²) in [7, 11) is 1.65. The zero-order valence-electron chi connectivity index (χ0n) is 19.9. The monoisotopic (exact) mass is 461 g/mol. The lowest BCUT2D eigenvalue weighted by Crippen LogP contribution is -2.27. The number of carbonyl (C=O) groups is 1. The molecule has 2 heterocycles. The lowest BCUT2D eigenvalue weighted by atomic mass is 10.2. The van der Waals surface area contributed by atoms with Gasteiger partial charge in [0, 0.05) is 37.4 Å². The van der Waals surface area contributed by atoms with Crippen LogP contribution in [-0.2, 0) is 11.3 Å². The maximum atomic E-state index is 12.4. The maximum absolute atomic E-state index is 12.4. The molecular weight excluding hydrogens is 430 g/mol. The second-order valence-electron chi connectivity index (χ2n) is 8.60. The number of pyridine rings is 1. The van der Waals surface area contributed by atoms with E-state index in [0.29, 0.717) is 11.4 Å². The van der Waals surface area contributed by atoms with Crippen molar-refractivity contribution in [3.05, 3.63) is 78.0 Å². The Morgan fingerprint density at radius 1 is 1.09 bits per heavy atom. The topological polar surface area (TPSA) is 72.9 Å². The second-order valence-corrected chi connectivity index (χ2v) is 8.60. The molecule has 178 valence electrons. The summed E-state index contributed by atoms with van der Waals surface area (Å²) in [5, 5.41) is 3.45. The van der Waals surface area contributed by atoms with Crippen molar-refractivity contribution < 1.29 is 19.0 Å². The third-order valence-corrected chi connectivity index (χ3v) is 5.64. The number of nitrogens with zero attached hydrogens (tertiary/aromatic N) is 2. The number of methoxy groups -OCH3 is 1. The van der Waals surface area contributed by atoms with Gasteiger partial charge in [0.05, 0.1) is 13.2 Å². The van der Waals surface area contributed by atoms with Gasteiger partial charge in [-0.2, -0.15) is 0 Å². The van der Waals surface area contributed by atoms with Gasteiger partial charge >= 0.3 is 5.97 Å². The van der Waals surface area contributed by atoms with E-state index in [9.17, 15) is 4.79 Å². The number of carbonyl (C=O) groups excluding carboxylic acids is 1. The normalized spacial score (nSPS) is 15.8. The van der Waals surface area contributed by atoms with Gasteiger partial charge in [0.25, 0.3) is 0 Å². The van der Waals surface area contributed by atoms with E-state index in [0.717, 1.165) is 48.9 Å². The standard InChI is InChI=1S/C27H31N3O4/c1-19(2)33-27(31)24-8-6-15-28-26(24)29-21-14-16-30(18-21)17-20-7-4-5-9-25(20)34-23-12-10-22(32-3)11-13-23/h4-13,15,19,21H,14,16-18H2,1-3H3,(H,28,29)/t21-/m0/s1. The quantitative estimate of drug-likeness (QED) is 0.443. The molecule has 0 bridgehead atoms. The molecule has 0 radical (unpaired) electrons. The summed E-state index contributed by atoms with van der Waals surface area (Å²) in [6.45, 7) is 6.23. The summed E-state index contributed by atoms with van der Waals surface area (Å²) in [5.74, 6) is 2.62. The van der Waals surface area contributed by atoms with E-state index in [1.54, 1.807) is 25.4 Å². The summed E-state index contributed by atoms with van der Waals surface area (Å²) < 4.78 is 16.7. The molecule has 1 aromatic heterocycles. The molecule has 1 aliphatic rings. The Morgan fingerprint density at radius 3 is 2.62 bits per heavy atom. The molecule has 1 fully saturated rings. The first-order valence-electron chi connectivity index (χ1n) is 11.6. The average Bonchev–Trinajstić information content (AvgIpc) is 3.27. The van der Waals surface area contributed by atoms with Crippen molar-refractivity contribution in [2.45, 2.75) is 39.0 Å². The number of hydrogen-bond acceptors (Lipinski definition) is 7. The van der Waals surface area contributed by atoms with Gasteiger partial charge in [-0.05, 0) is 62.7 Å². The number of benzene rings is 2. The van der Waals surface area contributed by atoms with Gasteiger partial charge in [0.15, 0.2) is 0 Å². The number of para-hydroxylation sites is 1. The Labute approximate surface area is 200 Å². The maximum Gasteiger partial charge on any atom is 0.342 e. The van der Waals surface area contributed by atoms with Crippen LogP contribution < -0.4 is 14.8 Å². The number of anilines is 1. The Hall–Kier alpha value is -3.58. The molecule has 2 aromatic carbocycles. The van der Waals surface area contributed by atoms with Crippen molar-refractivity contribution in [1.82, 2.24) is 9.88 Å². The summed E-state index contributed by atoms with van der Waals surface area (Å²) in [6, 6.07) is 19.4. The lowest BCUT2D eigenvalue weighted by Gasteiger charge is -2.20. The molecule has 1 aliphatic heterocycles. The van der Waals surface area contributed by atoms with Crippen LogP contribution in [0.25, 0.3) is 0 Å². The Kier molecular flexibility index (Phi) is 7.65. The van der Waals surface area contributed by atoms with Crippen LogP contribution in [0.2, 0.25) is 0 Å². The molecule has 0 amide bonds. The highest BCUT2D eigenvalue weighted by Crippen LogP contribution is 2.29. The van der Waals surface area contributed by atoms with E-state index in [4.69, 9.17) is 14.2 Å². The number of aromatic nitrogens is 1. The lowest BCUT2D eigenvalue weighted by molar-refractivity contribution is 0.0378. The molecule has 1 atom stereocenters. The fraction of sp³-hybridized carbons (Fsp3) is 0.333. The van der Waals surface area contributed by atoms with E-state index in [-0.39, 0.29) is 18.1 Å². The molecule has 4 rings (SSSR count). The van der Waals surface area contributed by atoms with Crippen molar-refractivity contribution in [2.24, 2.45) is 0 Å². The molecule has 0 spiro atoms. The zero-order valence-corrected chi connectivity index (χ0v) is 19.9. The molecule has 7 heteroatoms. The van der Waals surface area contributed by atoms with Crippen LogP contribution >= 0.6 is 0 Å². The summed E-state index contributed by atoms with van der Waals surface area (Å²) in [5.41, 5.74) is 1.59. The SMILES string of the molecule is COc1ccc(Oc2ccccc2CN2CC[C@H](Nc3ncccc3C(=O)OC(C)C)C2)cc1. The molecule has 7 nitrogen and oxygen atoms in total. The van der Waals surface area contributed by atoms with Crippen LogP contribution in [0.4, 0.5) is 5.82 Å². The van der Waals surface area contributed by atoms with Crippen LogP contribution in [0.1, 0.15) is 36.2 Å². The van der Waals surface area contributed by atoms with Crippen LogP contribution in [0.5, 0.6) is 17.2 Å². The zero-order chi connectivity index (χ0) is 23.9. The molecular formula is C27H31N3O4. The van der Waals surface area contributed by atoms with Gasteiger partial charge in [0.2, 0.25) is 0 Å². The minimum Gasteiger partial charge on any atom is -0.497 e. The highest BCUT2D eigenvalue weighted by molar-refractivity contribution is 5.94. The molecule has 0 saturated carbocycles. The van der Waals surface area contributed by atoms with Crippen molar-refractivity contribution in [2.75, 3.05) is 25.5 Å². The first-order valence-corrected chi connectivity index (χ1v) is 11.6. The molecule has 34 heavy (non-hydrogen) atoms. The Bertz CT molecular complexity index is 1100. The molecule has 3 aromatic rings. The smallest absolute Gasteiger partial charge is 0.342 e. The van der Waals surface area contributed by atoms with Gasteiger partial charge in [0.1, 0.15) is 28.6 Å². The van der Waals surface area contributed by atoms with Crippen LogP contribution in [-0.4, -0.2) is 48.2 Å². The van der Waals surface area contributed by atoms with E-state index in [1.807, 2.05) is 56.3 Å². The number of nitrogens with one attached hydrogen (secondary N) is 1. The van der Waals surface area contributed by atoms with Crippen molar-refractivity contribution in [3.8, 4) is 17.2 Å². The third kappa shape index (κ3) is 6.05. The minimum atomic E-state index is -0.356. The van der Waals surface area contributed by atoms with Crippen LogP contribution in [0.3, 0.4) is 0 Å². The molecule has 1 N–H and O–H groups in total. The fourth-order valence-electron chi connectivity index (χ4n) is 4.00. The molecule has 0 aliphatic carbocycles. The van der Waals surface area contributed by atoms with E-state index >= 15 is 0 Å². The highest BCUT2D eigenvalue weighted by Gasteiger charge is 2.25. The second kappa shape index (κ2) is 11.0. The summed E-state index contributed by atoms with van der Waals surface area (Å²) in [4.78, 5) is 19.2. The summed E-state index contributed by atoms with van der Waals surface area (Å²) >= 11 is 0. The van der Waals surface area contributed by atoms with Crippen molar-refractivity contribution >= 4 is 11.8 Å². The van der Waals surface area contributed by atoms with Gasteiger partial charge in [-0.1, -0.05) is 18.2 Å². The third-order valence-electron chi connectivity index (χ3n) is 5.64. The van der Waals surface area contributed by atoms with Gasteiger partial charge in [-0.3, -0.25) is 4.90 Å². The minimum absolute atomic E-state index is 0.178.